The van der Waals surface area contributed by atoms with Crippen LogP contribution >= 0.6 is 12.4 Å². The number of carbonyl (C=O) groups excluding carboxylic acids is 1. The third-order valence-electron chi connectivity index (χ3n) is 5.25. The Morgan fingerprint density at radius 2 is 1.58 bits per heavy atom. The van der Waals surface area contributed by atoms with Crippen molar-refractivity contribution in [3.8, 4) is 11.5 Å². The molecule has 0 bridgehead atoms. The fraction of sp³-hybridized carbons (Fsp3) is 0.280. The molecule has 0 N–H and O–H groups in total. The summed E-state index contributed by atoms with van der Waals surface area (Å²) in [5, 5.41) is 0. The smallest absolute Gasteiger partial charge is 0.227 e. The van der Waals surface area contributed by atoms with Gasteiger partial charge in [-0.3, -0.25) is 9.78 Å². The van der Waals surface area contributed by atoms with E-state index in [1.54, 1.807) is 12.4 Å². The molecule has 0 aliphatic carbocycles. The van der Waals surface area contributed by atoms with Crippen molar-refractivity contribution in [2.45, 2.75) is 32.0 Å². The summed E-state index contributed by atoms with van der Waals surface area (Å²) in [6.45, 7) is 2.00. The second-order valence-electron chi connectivity index (χ2n) is 7.48. The number of halogens is 1. The molecule has 1 amide bonds. The number of likely N-dealkylation sites (tertiary alicyclic amines) is 1. The van der Waals surface area contributed by atoms with Crippen LogP contribution in [0.1, 0.15) is 24.0 Å². The Bertz CT molecular complexity index is 928. The van der Waals surface area contributed by atoms with Crippen LogP contribution in [0.5, 0.6) is 11.5 Å². The molecule has 0 radical (unpaired) electrons. The van der Waals surface area contributed by atoms with E-state index in [1.807, 2.05) is 71.6 Å². The highest BCUT2D eigenvalue weighted by molar-refractivity contribution is 5.85. The molecule has 0 spiro atoms. The molecule has 1 aliphatic heterocycles. The average molecular weight is 439 g/mol. The number of pyridine rings is 1. The second kappa shape index (κ2) is 11.4. The molecular weight excluding hydrogens is 412 g/mol. The number of piperidine rings is 1. The Hall–Kier alpha value is -3.05. The maximum absolute atomic E-state index is 12.5. The summed E-state index contributed by atoms with van der Waals surface area (Å²) in [6, 6.07) is 21.7. The lowest BCUT2D eigenvalue weighted by Crippen LogP contribution is -2.42. The van der Waals surface area contributed by atoms with Gasteiger partial charge in [-0.25, -0.2) is 0 Å². The normalized spacial score (nSPS) is 13.9. The maximum Gasteiger partial charge on any atom is 0.227 e. The molecule has 1 aromatic heterocycles. The van der Waals surface area contributed by atoms with E-state index in [0.717, 1.165) is 48.6 Å². The second-order valence-corrected chi connectivity index (χ2v) is 7.48. The lowest BCUT2D eigenvalue weighted by Gasteiger charge is -2.32. The zero-order chi connectivity index (χ0) is 20.6. The van der Waals surface area contributed by atoms with Crippen LogP contribution in [-0.4, -0.2) is 35.0 Å². The topological polar surface area (TPSA) is 51.7 Å². The van der Waals surface area contributed by atoms with Crippen LogP contribution in [0.15, 0.2) is 79.1 Å². The van der Waals surface area contributed by atoms with Crippen molar-refractivity contribution in [2.75, 3.05) is 13.1 Å². The van der Waals surface area contributed by atoms with E-state index in [4.69, 9.17) is 9.47 Å². The Morgan fingerprint density at radius 1 is 0.903 bits per heavy atom. The van der Waals surface area contributed by atoms with Gasteiger partial charge in [0.15, 0.2) is 0 Å². The van der Waals surface area contributed by atoms with Crippen molar-refractivity contribution in [2.24, 2.45) is 0 Å². The van der Waals surface area contributed by atoms with E-state index in [2.05, 4.69) is 4.98 Å². The van der Waals surface area contributed by atoms with E-state index in [-0.39, 0.29) is 24.4 Å². The van der Waals surface area contributed by atoms with Gasteiger partial charge in [0.25, 0.3) is 0 Å². The van der Waals surface area contributed by atoms with Gasteiger partial charge in [0.05, 0.1) is 6.42 Å². The molecule has 3 aromatic rings. The molecule has 1 aliphatic rings. The molecule has 0 saturated carbocycles. The van der Waals surface area contributed by atoms with Crippen LogP contribution < -0.4 is 9.47 Å². The number of carbonyl (C=O) groups is 1. The molecule has 0 unspecified atom stereocenters. The first-order valence-electron chi connectivity index (χ1n) is 10.4. The molecule has 1 saturated heterocycles. The molecule has 1 fully saturated rings. The molecule has 4 rings (SSSR count). The predicted molar refractivity (Wildman–Crippen MR) is 123 cm³/mol. The van der Waals surface area contributed by atoms with Gasteiger partial charge >= 0.3 is 0 Å². The van der Waals surface area contributed by atoms with Gasteiger partial charge in [0.2, 0.25) is 5.91 Å². The number of hydrogen-bond donors (Lipinski definition) is 0. The van der Waals surface area contributed by atoms with Gasteiger partial charge in [-0.1, -0.05) is 36.4 Å². The van der Waals surface area contributed by atoms with Crippen LogP contribution in [-0.2, 0) is 17.8 Å². The van der Waals surface area contributed by atoms with E-state index in [1.165, 1.54) is 0 Å². The molecule has 5 nitrogen and oxygen atoms in total. The lowest BCUT2D eigenvalue weighted by molar-refractivity contribution is -0.132. The summed E-state index contributed by atoms with van der Waals surface area (Å²) in [6.07, 6.45) is 5.68. The van der Waals surface area contributed by atoms with Crippen LogP contribution in [0.2, 0.25) is 0 Å². The zero-order valence-corrected chi connectivity index (χ0v) is 18.2. The quantitative estimate of drug-likeness (QED) is 0.536. The van der Waals surface area contributed by atoms with Crippen LogP contribution in [0.4, 0.5) is 0 Å². The highest BCUT2D eigenvalue weighted by Gasteiger charge is 2.24. The Balaban J connectivity index is 0.00000272. The van der Waals surface area contributed by atoms with Gasteiger partial charge in [0.1, 0.15) is 24.2 Å². The first kappa shape index (κ1) is 22.6. The van der Waals surface area contributed by atoms with E-state index < -0.39 is 0 Å². The van der Waals surface area contributed by atoms with E-state index >= 15 is 0 Å². The van der Waals surface area contributed by atoms with Gasteiger partial charge in [-0.05, 0) is 41.5 Å². The SMILES string of the molecule is Cl.O=C(Cc1cccnc1)N1CCC(Oc2ccc(OCc3ccccc3)cc2)CC1. The summed E-state index contributed by atoms with van der Waals surface area (Å²) in [5.41, 5.74) is 2.10. The van der Waals surface area contributed by atoms with Crippen molar-refractivity contribution in [3.05, 3.63) is 90.3 Å². The average Bonchev–Trinajstić information content (AvgIpc) is 2.80. The molecule has 162 valence electrons. The van der Waals surface area contributed by atoms with E-state index in [0.29, 0.717) is 13.0 Å². The number of benzene rings is 2. The number of aromatic nitrogens is 1. The fourth-order valence-electron chi connectivity index (χ4n) is 3.56. The highest BCUT2D eigenvalue weighted by Crippen LogP contribution is 2.23. The van der Waals surface area contributed by atoms with Crippen LogP contribution in [0.25, 0.3) is 0 Å². The van der Waals surface area contributed by atoms with Crippen molar-refractivity contribution in [1.82, 2.24) is 9.88 Å². The lowest BCUT2D eigenvalue weighted by atomic mass is 10.1. The van der Waals surface area contributed by atoms with Crippen LogP contribution in [0, 0.1) is 0 Å². The zero-order valence-electron chi connectivity index (χ0n) is 17.4. The molecule has 31 heavy (non-hydrogen) atoms. The third-order valence-corrected chi connectivity index (χ3v) is 5.25. The Labute approximate surface area is 189 Å². The highest BCUT2D eigenvalue weighted by atomic mass is 35.5. The maximum atomic E-state index is 12.5. The van der Waals surface area contributed by atoms with Gasteiger partial charge in [-0.15, -0.1) is 12.4 Å². The number of amides is 1. The number of nitrogens with zero attached hydrogens (tertiary/aromatic N) is 2. The summed E-state index contributed by atoms with van der Waals surface area (Å²) in [5.74, 6) is 1.81. The van der Waals surface area contributed by atoms with Crippen molar-refractivity contribution in [3.63, 3.8) is 0 Å². The summed E-state index contributed by atoms with van der Waals surface area (Å²) >= 11 is 0. The standard InChI is InChI=1S/C25H26N2O3.ClH/c28-25(17-21-7-4-14-26-18-21)27-15-12-24(13-16-27)30-23-10-8-22(9-11-23)29-19-20-5-2-1-3-6-20;/h1-11,14,18,24H,12-13,15-17,19H2;1H. The number of hydrogen-bond acceptors (Lipinski definition) is 4. The minimum atomic E-state index is 0. The molecule has 2 heterocycles. The molecular formula is C25H27ClN2O3. The largest absolute Gasteiger partial charge is 0.490 e. The van der Waals surface area contributed by atoms with Crippen molar-refractivity contribution >= 4 is 18.3 Å². The molecule has 6 heteroatoms. The Morgan fingerprint density at radius 3 is 2.26 bits per heavy atom. The summed E-state index contributed by atoms with van der Waals surface area (Å²) in [7, 11) is 0. The predicted octanol–water partition coefficient (Wildman–Crippen LogP) is 4.69. The third kappa shape index (κ3) is 6.72. The Kier molecular flexibility index (Phi) is 8.30. The molecule has 0 atom stereocenters. The van der Waals surface area contributed by atoms with Crippen LogP contribution in [0.3, 0.4) is 0 Å². The first-order valence-corrected chi connectivity index (χ1v) is 10.4. The minimum absolute atomic E-state index is 0. The van der Waals surface area contributed by atoms with Crippen molar-refractivity contribution in [1.29, 1.82) is 0 Å². The van der Waals surface area contributed by atoms with Crippen molar-refractivity contribution < 1.29 is 14.3 Å². The van der Waals surface area contributed by atoms with E-state index in [9.17, 15) is 4.79 Å². The summed E-state index contributed by atoms with van der Waals surface area (Å²) in [4.78, 5) is 18.5. The fourth-order valence-corrected chi connectivity index (χ4v) is 3.56. The molecule has 2 aromatic carbocycles. The van der Waals surface area contributed by atoms with Gasteiger partial charge in [-0.2, -0.15) is 0 Å². The van der Waals surface area contributed by atoms with Gasteiger partial charge < -0.3 is 14.4 Å². The van der Waals surface area contributed by atoms with Gasteiger partial charge in [0, 0.05) is 38.3 Å². The number of rotatable bonds is 7. The monoisotopic (exact) mass is 438 g/mol. The first-order chi connectivity index (χ1) is 14.8. The number of ether oxygens (including phenoxy) is 2. The minimum Gasteiger partial charge on any atom is -0.490 e. The summed E-state index contributed by atoms with van der Waals surface area (Å²) < 4.78 is 11.9.